The molecule has 1 aliphatic rings. The Hall–Kier alpha value is -2.10. The molecule has 2 unspecified atom stereocenters. The third-order valence-electron chi connectivity index (χ3n) is 4.37. The Morgan fingerprint density at radius 2 is 2.00 bits per heavy atom. The summed E-state index contributed by atoms with van der Waals surface area (Å²) in [5.41, 5.74) is 2.40. The summed E-state index contributed by atoms with van der Waals surface area (Å²) in [4.78, 5) is 12.5. The Morgan fingerprint density at radius 1 is 1.24 bits per heavy atom. The highest BCUT2D eigenvalue weighted by molar-refractivity contribution is 5.99. The van der Waals surface area contributed by atoms with Crippen LogP contribution < -0.4 is 5.32 Å². The predicted octanol–water partition coefficient (Wildman–Crippen LogP) is 3.39. The van der Waals surface area contributed by atoms with Gasteiger partial charge in [-0.25, -0.2) is 0 Å². The van der Waals surface area contributed by atoms with Gasteiger partial charge in [-0.15, -0.1) is 0 Å². The number of amides is 1. The normalized spacial score (nSPS) is 22.0. The van der Waals surface area contributed by atoms with Crippen LogP contribution in [0, 0.1) is 5.92 Å². The van der Waals surface area contributed by atoms with E-state index in [4.69, 9.17) is 0 Å². The van der Waals surface area contributed by atoms with Crippen molar-refractivity contribution in [3.05, 3.63) is 42.1 Å². The van der Waals surface area contributed by atoms with Crippen LogP contribution in [0.3, 0.4) is 0 Å². The molecule has 1 aromatic carbocycles. The van der Waals surface area contributed by atoms with E-state index in [1.54, 1.807) is 6.20 Å². The maximum absolute atomic E-state index is 12.5. The zero-order valence-corrected chi connectivity index (χ0v) is 12.3. The van der Waals surface area contributed by atoms with Crippen molar-refractivity contribution in [1.29, 1.82) is 0 Å². The van der Waals surface area contributed by atoms with E-state index < -0.39 is 0 Å². The molecule has 0 bridgehead atoms. The van der Waals surface area contributed by atoms with E-state index in [1.165, 1.54) is 19.3 Å². The number of H-pyrrole nitrogens is 1. The van der Waals surface area contributed by atoms with Gasteiger partial charge in [0, 0.05) is 11.6 Å². The summed E-state index contributed by atoms with van der Waals surface area (Å²) in [7, 11) is 0. The second-order valence-electron chi connectivity index (χ2n) is 5.87. The summed E-state index contributed by atoms with van der Waals surface area (Å²) in [6.07, 6.45) is 6.36. The third kappa shape index (κ3) is 2.99. The molecule has 3 rings (SSSR count). The molecular formula is C17H21N3O. The quantitative estimate of drug-likeness (QED) is 0.907. The molecule has 1 heterocycles. The molecule has 110 valence electrons. The Morgan fingerprint density at radius 3 is 2.76 bits per heavy atom. The van der Waals surface area contributed by atoms with Gasteiger partial charge in [0.1, 0.15) is 0 Å². The molecule has 1 aromatic heterocycles. The van der Waals surface area contributed by atoms with Gasteiger partial charge in [-0.05, 0) is 18.8 Å². The molecule has 2 atom stereocenters. The van der Waals surface area contributed by atoms with Crippen molar-refractivity contribution < 1.29 is 4.79 Å². The summed E-state index contributed by atoms with van der Waals surface area (Å²) in [6, 6.07) is 10.1. The van der Waals surface area contributed by atoms with E-state index in [2.05, 4.69) is 22.4 Å². The fourth-order valence-corrected chi connectivity index (χ4v) is 3.06. The third-order valence-corrected chi connectivity index (χ3v) is 4.37. The van der Waals surface area contributed by atoms with E-state index in [9.17, 15) is 4.79 Å². The molecule has 1 saturated carbocycles. The van der Waals surface area contributed by atoms with Gasteiger partial charge >= 0.3 is 0 Å². The Balaban J connectivity index is 1.78. The van der Waals surface area contributed by atoms with Crippen LogP contribution in [0.1, 0.15) is 43.0 Å². The lowest BCUT2D eigenvalue weighted by Crippen LogP contribution is -2.41. The van der Waals surface area contributed by atoms with Crippen molar-refractivity contribution in [3.8, 4) is 11.3 Å². The lowest BCUT2D eigenvalue weighted by atomic mass is 9.86. The number of rotatable bonds is 3. The minimum absolute atomic E-state index is 0.0265. The molecule has 1 amide bonds. The Labute approximate surface area is 125 Å². The summed E-state index contributed by atoms with van der Waals surface area (Å²) in [6.45, 7) is 2.22. The Bertz CT molecular complexity index is 606. The van der Waals surface area contributed by atoms with E-state index in [0.29, 0.717) is 11.5 Å². The summed E-state index contributed by atoms with van der Waals surface area (Å²) < 4.78 is 0. The number of hydrogen-bond acceptors (Lipinski definition) is 2. The van der Waals surface area contributed by atoms with Crippen LogP contribution in [-0.4, -0.2) is 22.1 Å². The van der Waals surface area contributed by atoms with Gasteiger partial charge in [-0.2, -0.15) is 5.10 Å². The second-order valence-corrected chi connectivity index (χ2v) is 5.87. The molecule has 4 heteroatoms. The fraction of sp³-hybridized carbons (Fsp3) is 0.412. The summed E-state index contributed by atoms with van der Waals surface area (Å²) in [5.74, 6) is 0.524. The van der Waals surface area contributed by atoms with Crippen LogP contribution in [0.4, 0.5) is 0 Å². The van der Waals surface area contributed by atoms with Crippen molar-refractivity contribution in [2.75, 3.05) is 0 Å². The molecule has 0 aliphatic heterocycles. The number of benzene rings is 1. The highest BCUT2D eigenvalue weighted by Crippen LogP contribution is 2.25. The van der Waals surface area contributed by atoms with Crippen molar-refractivity contribution >= 4 is 5.91 Å². The van der Waals surface area contributed by atoms with Crippen molar-refractivity contribution in [2.24, 2.45) is 5.92 Å². The average molecular weight is 283 g/mol. The van der Waals surface area contributed by atoms with Gasteiger partial charge in [0.15, 0.2) is 0 Å². The van der Waals surface area contributed by atoms with Gasteiger partial charge < -0.3 is 5.32 Å². The monoisotopic (exact) mass is 283 g/mol. The molecule has 1 fully saturated rings. The maximum atomic E-state index is 12.5. The molecule has 2 N–H and O–H groups in total. The first kappa shape index (κ1) is 13.9. The zero-order chi connectivity index (χ0) is 14.7. The van der Waals surface area contributed by atoms with Crippen LogP contribution in [0.2, 0.25) is 0 Å². The van der Waals surface area contributed by atoms with Gasteiger partial charge in [0.25, 0.3) is 5.91 Å². The minimum Gasteiger partial charge on any atom is -0.349 e. The number of aromatic nitrogens is 2. The summed E-state index contributed by atoms with van der Waals surface area (Å²) in [5, 5.41) is 10.2. The number of carbonyl (C=O) groups excluding carboxylic acids is 1. The minimum atomic E-state index is -0.0265. The first-order valence-electron chi connectivity index (χ1n) is 7.65. The fourth-order valence-electron chi connectivity index (χ4n) is 3.06. The second kappa shape index (κ2) is 6.12. The topological polar surface area (TPSA) is 57.8 Å². The number of nitrogens with one attached hydrogen (secondary N) is 2. The SMILES string of the molecule is CC1CCCCC1NC(=O)c1cn[nH]c1-c1ccccc1. The van der Waals surface area contributed by atoms with Crippen molar-refractivity contribution in [3.63, 3.8) is 0 Å². The smallest absolute Gasteiger partial charge is 0.255 e. The predicted molar refractivity (Wildman–Crippen MR) is 82.9 cm³/mol. The molecule has 0 saturated heterocycles. The van der Waals surface area contributed by atoms with E-state index in [1.807, 2.05) is 30.3 Å². The van der Waals surface area contributed by atoms with Crippen LogP contribution in [0.15, 0.2) is 36.5 Å². The number of aromatic amines is 1. The maximum Gasteiger partial charge on any atom is 0.255 e. The molecule has 2 aromatic rings. The number of nitrogens with zero attached hydrogens (tertiary/aromatic N) is 1. The average Bonchev–Trinajstić information content (AvgIpc) is 3.00. The number of hydrogen-bond donors (Lipinski definition) is 2. The lowest BCUT2D eigenvalue weighted by Gasteiger charge is -2.29. The molecule has 0 radical (unpaired) electrons. The van der Waals surface area contributed by atoms with E-state index in [0.717, 1.165) is 17.7 Å². The Kier molecular flexibility index (Phi) is 4.04. The van der Waals surface area contributed by atoms with Crippen LogP contribution in [0.25, 0.3) is 11.3 Å². The molecule has 1 aliphatic carbocycles. The van der Waals surface area contributed by atoms with Gasteiger partial charge in [-0.3, -0.25) is 9.89 Å². The summed E-state index contributed by atoms with van der Waals surface area (Å²) >= 11 is 0. The van der Waals surface area contributed by atoms with E-state index >= 15 is 0 Å². The zero-order valence-electron chi connectivity index (χ0n) is 12.3. The van der Waals surface area contributed by atoms with Gasteiger partial charge in [0.05, 0.1) is 17.5 Å². The van der Waals surface area contributed by atoms with E-state index in [-0.39, 0.29) is 11.9 Å². The highest BCUT2D eigenvalue weighted by atomic mass is 16.1. The standard InChI is InChI=1S/C17H21N3O/c1-12-7-5-6-10-15(12)19-17(21)14-11-18-20-16(14)13-8-3-2-4-9-13/h2-4,8-9,11-12,15H,5-7,10H2,1H3,(H,18,20)(H,19,21). The molecular weight excluding hydrogens is 262 g/mol. The van der Waals surface area contributed by atoms with Gasteiger partial charge in [0.2, 0.25) is 0 Å². The first-order chi connectivity index (χ1) is 10.3. The number of carbonyl (C=O) groups is 1. The molecule has 21 heavy (non-hydrogen) atoms. The van der Waals surface area contributed by atoms with Crippen molar-refractivity contribution in [1.82, 2.24) is 15.5 Å². The van der Waals surface area contributed by atoms with Crippen LogP contribution in [0.5, 0.6) is 0 Å². The molecule has 0 spiro atoms. The van der Waals surface area contributed by atoms with Crippen LogP contribution >= 0.6 is 0 Å². The van der Waals surface area contributed by atoms with Gasteiger partial charge in [-0.1, -0.05) is 50.1 Å². The largest absolute Gasteiger partial charge is 0.349 e. The van der Waals surface area contributed by atoms with Crippen molar-refractivity contribution in [2.45, 2.75) is 38.6 Å². The first-order valence-corrected chi connectivity index (χ1v) is 7.65. The lowest BCUT2D eigenvalue weighted by molar-refractivity contribution is 0.0911. The van der Waals surface area contributed by atoms with Crippen LogP contribution in [-0.2, 0) is 0 Å². The highest BCUT2D eigenvalue weighted by Gasteiger charge is 2.24. The molecule has 4 nitrogen and oxygen atoms in total.